The number of amides is 3. The summed E-state index contributed by atoms with van der Waals surface area (Å²) in [4.78, 5) is 30.7. The molecule has 0 atom stereocenters. The molecule has 3 aliphatic rings. The average molecular weight is 384 g/mol. The van der Waals surface area contributed by atoms with E-state index in [4.69, 9.17) is 4.74 Å². The van der Waals surface area contributed by atoms with E-state index in [1.807, 2.05) is 0 Å². The predicted octanol–water partition coefficient (Wildman–Crippen LogP) is 2.19. The van der Waals surface area contributed by atoms with Gasteiger partial charge in [0.05, 0.1) is 13.1 Å². The maximum absolute atomic E-state index is 12.6. The summed E-state index contributed by atoms with van der Waals surface area (Å²) in [5.74, 6) is 0.0917. The number of halogens is 3. The molecule has 1 N–H and O–H groups in total. The molecule has 7 nitrogen and oxygen atoms in total. The Labute approximate surface area is 153 Å². The Morgan fingerprint density at radius 1 is 1.22 bits per heavy atom. The fraction of sp³-hybridized carbons (Fsp3) is 0.588. The highest BCUT2D eigenvalue weighted by molar-refractivity contribution is 5.78. The van der Waals surface area contributed by atoms with E-state index in [0.717, 1.165) is 11.6 Å². The van der Waals surface area contributed by atoms with E-state index in [9.17, 15) is 22.8 Å². The number of nitrogens with zero attached hydrogens (tertiary/aromatic N) is 3. The molecular formula is C17H19F3N4O3. The minimum atomic E-state index is -4.44. The number of urea groups is 1. The first kappa shape index (κ1) is 17.9. The van der Waals surface area contributed by atoms with E-state index in [-0.39, 0.29) is 18.6 Å². The highest BCUT2D eigenvalue weighted by atomic mass is 19.4. The van der Waals surface area contributed by atoms with Crippen molar-refractivity contribution in [2.24, 2.45) is 0 Å². The van der Waals surface area contributed by atoms with Gasteiger partial charge in [0, 0.05) is 19.3 Å². The molecule has 0 unspecified atom stereocenters. The van der Waals surface area contributed by atoms with Crippen molar-refractivity contribution in [1.82, 2.24) is 20.1 Å². The Morgan fingerprint density at radius 2 is 1.93 bits per heavy atom. The number of alkyl halides is 3. The van der Waals surface area contributed by atoms with Crippen molar-refractivity contribution in [2.75, 3.05) is 32.8 Å². The molecule has 0 aliphatic carbocycles. The third-order valence-corrected chi connectivity index (χ3v) is 5.42. The molecule has 1 aromatic heterocycles. The minimum absolute atomic E-state index is 0.0780. The lowest BCUT2D eigenvalue weighted by molar-refractivity contribution is -0.141. The van der Waals surface area contributed by atoms with E-state index < -0.39 is 23.5 Å². The van der Waals surface area contributed by atoms with E-state index in [2.05, 4.69) is 10.3 Å². The molecule has 4 rings (SSSR count). The molecule has 3 saturated heterocycles. The van der Waals surface area contributed by atoms with Gasteiger partial charge in [0.2, 0.25) is 0 Å². The Morgan fingerprint density at radius 3 is 2.44 bits per heavy atom. The zero-order valence-corrected chi connectivity index (χ0v) is 14.5. The summed E-state index contributed by atoms with van der Waals surface area (Å²) >= 11 is 0. The van der Waals surface area contributed by atoms with E-state index >= 15 is 0 Å². The van der Waals surface area contributed by atoms with Gasteiger partial charge < -0.3 is 19.9 Å². The predicted molar refractivity (Wildman–Crippen MR) is 87.0 cm³/mol. The van der Waals surface area contributed by atoms with Crippen LogP contribution in [-0.4, -0.2) is 65.2 Å². The molecule has 3 amide bonds. The fourth-order valence-electron chi connectivity index (χ4n) is 3.90. The van der Waals surface area contributed by atoms with Crippen LogP contribution < -0.4 is 5.32 Å². The number of carbonyl (C=O) groups is 2. The van der Waals surface area contributed by atoms with Gasteiger partial charge in [-0.25, -0.2) is 9.59 Å². The normalized spacial score (nSPS) is 22.4. The standard InChI is InChI=1S/C17H19F3N4O3/c18-17(19,20)13-2-1-12(7-21-13)11-3-5-23(6-4-11)15(26)24-8-16(9-24)10-27-14(25)22-16/h1-2,7,11H,3-6,8-10H2,(H,22,25). The van der Waals surface area contributed by atoms with Gasteiger partial charge in [-0.3, -0.25) is 4.98 Å². The molecule has 10 heteroatoms. The molecule has 0 saturated carbocycles. The van der Waals surface area contributed by atoms with Crippen LogP contribution in [0.25, 0.3) is 0 Å². The Balaban J connectivity index is 1.29. The van der Waals surface area contributed by atoms with Crippen LogP contribution in [0.3, 0.4) is 0 Å². The highest BCUT2D eigenvalue weighted by Gasteiger charge is 2.52. The van der Waals surface area contributed by atoms with Crippen LogP contribution in [0.5, 0.6) is 0 Å². The summed E-state index contributed by atoms with van der Waals surface area (Å²) < 4.78 is 42.7. The molecule has 0 bridgehead atoms. The van der Waals surface area contributed by atoms with Gasteiger partial charge in [-0.15, -0.1) is 0 Å². The number of aromatic nitrogens is 1. The SMILES string of the molecule is O=C1NC2(CO1)CN(C(=O)N1CCC(c3ccc(C(F)(F)F)nc3)CC1)C2. The molecule has 27 heavy (non-hydrogen) atoms. The van der Waals surface area contributed by atoms with Crippen LogP contribution in [0.1, 0.15) is 30.0 Å². The molecule has 146 valence electrons. The third-order valence-electron chi connectivity index (χ3n) is 5.42. The second-order valence-corrected chi connectivity index (χ2v) is 7.36. The van der Waals surface area contributed by atoms with Crippen molar-refractivity contribution in [3.63, 3.8) is 0 Å². The number of piperidine rings is 1. The minimum Gasteiger partial charge on any atom is -0.447 e. The van der Waals surface area contributed by atoms with Gasteiger partial charge in [0.1, 0.15) is 17.8 Å². The topological polar surface area (TPSA) is 74.8 Å². The second kappa shape index (κ2) is 6.28. The van der Waals surface area contributed by atoms with E-state index in [0.29, 0.717) is 39.0 Å². The number of cyclic esters (lactones) is 1. The lowest BCUT2D eigenvalue weighted by Gasteiger charge is -2.48. The molecular weight excluding hydrogens is 365 g/mol. The van der Waals surface area contributed by atoms with Crippen molar-refractivity contribution in [1.29, 1.82) is 0 Å². The van der Waals surface area contributed by atoms with Crippen LogP contribution >= 0.6 is 0 Å². The van der Waals surface area contributed by atoms with Gasteiger partial charge in [-0.2, -0.15) is 13.2 Å². The number of pyridine rings is 1. The maximum atomic E-state index is 12.6. The Hall–Kier alpha value is -2.52. The summed E-state index contributed by atoms with van der Waals surface area (Å²) in [6.07, 6.45) is -2.25. The van der Waals surface area contributed by atoms with Crippen LogP contribution in [0.15, 0.2) is 18.3 Å². The largest absolute Gasteiger partial charge is 0.447 e. The number of ether oxygens (including phenoxy) is 1. The monoisotopic (exact) mass is 384 g/mol. The first-order chi connectivity index (χ1) is 12.8. The average Bonchev–Trinajstić information content (AvgIpc) is 3.02. The number of hydrogen-bond acceptors (Lipinski definition) is 4. The van der Waals surface area contributed by atoms with Crippen LogP contribution in [0, 0.1) is 0 Å². The van der Waals surface area contributed by atoms with Gasteiger partial charge in [-0.1, -0.05) is 6.07 Å². The van der Waals surface area contributed by atoms with Crippen molar-refractivity contribution in [3.05, 3.63) is 29.6 Å². The molecule has 1 aromatic rings. The summed E-state index contributed by atoms with van der Waals surface area (Å²) in [6, 6.07) is 2.40. The lowest BCUT2D eigenvalue weighted by Crippen LogP contribution is -2.71. The third kappa shape index (κ3) is 3.40. The number of likely N-dealkylation sites (tertiary alicyclic amines) is 2. The molecule has 3 fully saturated rings. The molecule has 0 aromatic carbocycles. The quantitative estimate of drug-likeness (QED) is 0.806. The van der Waals surface area contributed by atoms with Crippen LogP contribution in [-0.2, 0) is 10.9 Å². The summed E-state index contributed by atoms with van der Waals surface area (Å²) in [5.41, 5.74) is -0.575. The zero-order valence-electron chi connectivity index (χ0n) is 14.5. The van der Waals surface area contributed by atoms with Crippen molar-refractivity contribution < 1.29 is 27.5 Å². The maximum Gasteiger partial charge on any atom is 0.433 e. The van der Waals surface area contributed by atoms with Gasteiger partial charge in [0.25, 0.3) is 0 Å². The van der Waals surface area contributed by atoms with Crippen molar-refractivity contribution >= 4 is 12.1 Å². The smallest absolute Gasteiger partial charge is 0.433 e. The first-order valence-corrected chi connectivity index (χ1v) is 8.78. The van der Waals surface area contributed by atoms with Gasteiger partial charge in [0.15, 0.2) is 0 Å². The molecule has 0 radical (unpaired) electrons. The van der Waals surface area contributed by atoms with E-state index in [1.165, 1.54) is 12.3 Å². The molecule has 4 heterocycles. The number of alkyl carbamates (subject to hydrolysis) is 1. The number of rotatable bonds is 1. The lowest BCUT2D eigenvalue weighted by atomic mass is 9.89. The highest BCUT2D eigenvalue weighted by Crippen LogP contribution is 2.32. The van der Waals surface area contributed by atoms with Gasteiger partial charge >= 0.3 is 18.3 Å². The van der Waals surface area contributed by atoms with Crippen LogP contribution in [0.4, 0.5) is 22.8 Å². The van der Waals surface area contributed by atoms with Crippen molar-refractivity contribution in [2.45, 2.75) is 30.5 Å². The Bertz CT molecular complexity index is 739. The van der Waals surface area contributed by atoms with Crippen LogP contribution in [0.2, 0.25) is 0 Å². The number of carbonyl (C=O) groups excluding carboxylic acids is 2. The summed E-state index contributed by atoms with van der Waals surface area (Å²) in [7, 11) is 0. The molecule has 3 aliphatic heterocycles. The Kier molecular flexibility index (Phi) is 4.15. The van der Waals surface area contributed by atoms with Gasteiger partial charge in [-0.05, 0) is 30.4 Å². The first-order valence-electron chi connectivity index (χ1n) is 8.78. The zero-order chi connectivity index (χ0) is 19.2. The van der Waals surface area contributed by atoms with E-state index in [1.54, 1.807) is 9.80 Å². The fourth-order valence-corrected chi connectivity index (χ4v) is 3.90. The van der Waals surface area contributed by atoms with Crippen molar-refractivity contribution in [3.8, 4) is 0 Å². The number of nitrogens with one attached hydrogen (secondary N) is 1. The number of hydrogen-bond donors (Lipinski definition) is 1. The summed E-state index contributed by atoms with van der Waals surface area (Å²) in [6.45, 7) is 2.22. The second-order valence-electron chi connectivity index (χ2n) is 7.36. The molecule has 1 spiro atoms. The summed E-state index contributed by atoms with van der Waals surface area (Å²) in [5, 5.41) is 2.74.